The van der Waals surface area contributed by atoms with E-state index in [1.807, 2.05) is 7.05 Å². The molecule has 2 nitrogen and oxygen atoms in total. The van der Waals surface area contributed by atoms with Crippen LogP contribution < -0.4 is 5.32 Å². The maximum absolute atomic E-state index is 4.96. The molecule has 0 aromatic carbocycles. The first-order valence-corrected chi connectivity index (χ1v) is 4.34. The SMILES string of the molecule is CC/C=C\C(=C/COC)CNC. The van der Waals surface area contributed by atoms with Crippen LogP contribution in [-0.4, -0.2) is 27.3 Å². The third-order valence-corrected chi connectivity index (χ3v) is 1.46. The third kappa shape index (κ3) is 6.13. The van der Waals surface area contributed by atoms with Gasteiger partial charge in [-0.2, -0.15) is 0 Å². The minimum atomic E-state index is 0.686. The summed E-state index contributed by atoms with van der Waals surface area (Å²) in [6, 6.07) is 0. The van der Waals surface area contributed by atoms with Crippen LogP contribution in [-0.2, 0) is 4.74 Å². The summed E-state index contributed by atoms with van der Waals surface area (Å²) in [5, 5.41) is 3.11. The van der Waals surface area contributed by atoms with Crippen LogP contribution in [0.2, 0.25) is 0 Å². The summed E-state index contributed by atoms with van der Waals surface area (Å²) in [7, 11) is 3.65. The van der Waals surface area contributed by atoms with Crippen molar-refractivity contribution in [2.24, 2.45) is 0 Å². The van der Waals surface area contributed by atoms with Crippen LogP contribution in [0.3, 0.4) is 0 Å². The van der Waals surface area contributed by atoms with Crippen molar-refractivity contribution in [2.75, 3.05) is 27.3 Å². The van der Waals surface area contributed by atoms with Gasteiger partial charge < -0.3 is 10.1 Å². The van der Waals surface area contributed by atoms with E-state index < -0.39 is 0 Å². The molecule has 0 saturated heterocycles. The van der Waals surface area contributed by atoms with Crippen molar-refractivity contribution in [2.45, 2.75) is 13.3 Å². The van der Waals surface area contributed by atoms with Gasteiger partial charge in [0, 0.05) is 13.7 Å². The second-order valence-electron chi connectivity index (χ2n) is 2.58. The molecule has 0 amide bonds. The zero-order valence-electron chi connectivity index (χ0n) is 8.26. The number of hydrogen-bond donors (Lipinski definition) is 1. The fourth-order valence-corrected chi connectivity index (χ4v) is 0.863. The molecule has 0 bridgehead atoms. The van der Waals surface area contributed by atoms with Gasteiger partial charge in [0.2, 0.25) is 0 Å². The molecule has 70 valence electrons. The first-order valence-electron chi connectivity index (χ1n) is 4.34. The summed E-state index contributed by atoms with van der Waals surface area (Å²) < 4.78 is 4.96. The van der Waals surface area contributed by atoms with Gasteiger partial charge in [-0.1, -0.05) is 25.2 Å². The summed E-state index contributed by atoms with van der Waals surface area (Å²) in [6.45, 7) is 3.72. The molecule has 0 fully saturated rings. The van der Waals surface area contributed by atoms with Gasteiger partial charge in [-0.15, -0.1) is 0 Å². The van der Waals surface area contributed by atoms with Crippen molar-refractivity contribution >= 4 is 0 Å². The molecule has 1 N–H and O–H groups in total. The average Bonchev–Trinajstić information content (AvgIpc) is 2.10. The van der Waals surface area contributed by atoms with E-state index >= 15 is 0 Å². The Kier molecular flexibility index (Phi) is 8.07. The highest BCUT2D eigenvalue weighted by Crippen LogP contribution is 1.96. The zero-order valence-corrected chi connectivity index (χ0v) is 8.26. The van der Waals surface area contributed by atoms with Gasteiger partial charge >= 0.3 is 0 Å². The minimum absolute atomic E-state index is 0.686. The molecule has 0 aromatic heterocycles. The molecule has 0 aliphatic rings. The molecule has 0 aromatic rings. The van der Waals surface area contributed by atoms with Crippen molar-refractivity contribution < 1.29 is 4.74 Å². The Balaban J connectivity index is 3.92. The lowest BCUT2D eigenvalue weighted by atomic mass is 10.2. The molecule has 0 saturated carbocycles. The van der Waals surface area contributed by atoms with Crippen LogP contribution in [0.25, 0.3) is 0 Å². The second kappa shape index (κ2) is 8.50. The number of likely N-dealkylation sites (N-methyl/N-ethyl adjacent to an activating group) is 1. The molecule has 0 atom stereocenters. The molecule has 0 rings (SSSR count). The summed E-state index contributed by atoms with van der Waals surface area (Å²) in [5.41, 5.74) is 1.28. The van der Waals surface area contributed by atoms with E-state index in [9.17, 15) is 0 Å². The highest BCUT2D eigenvalue weighted by atomic mass is 16.5. The van der Waals surface area contributed by atoms with E-state index in [-0.39, 0.29) is 0 Å². The van der Waals surface area contributed by atoms with Gasteiger partial charge in [0.1, 0.15) is 0 Å². The van der Waals surface area contributed by atoms with Crippen molar-refractivity contribution in [1.82, 2.24) is 5.32 Å². The monoisotopic (exact) mass is 169 g/mol. The van der Waals surface area contributed by atoms with E-state index in [1.54, 1.807) is 7.11 Å². The Hall–Kier alpha value is -0.600. The lowest BCUT2D eigenvalue weighted by Gasteiger charge is -2.00. The van der Waals surface area contributed by atoms with Crippen LogP contribution in [0.4, 0.5) is 0 Å². The molecule has 0 radical (unpaired) electrons. The lowest BCUT2D eigenvalue weighted by molar-refractivity contribution is 0.233. The number of methoxy groups -OCH3 is 1. The highest BCUT2D eigenvalue weighted by Gasteiger charge is 1.88. The van der Waals surface area contributed by atoms with E-state index in [0.29, 0.717) is 6.61 Å². The largest absolute Gasteiger partial charge is 0.381 e. The van der Waals surface area contributed by atoms with E-state index in [1.165, 1.54) is 5.57 Å². The fourth-order valence-electron chi connectivity index (χ4n) is 0.863. The van der Waals surface area contributed by atoms with Crippen LogP contribution in [0.1, 0.15) is 13.3 Å². The minimum Gasteiger partial charge on any atom is -0.381 e. The van der Waals surface area contributed by atoms with Crippen LogP contribution >= 0.6 is 0 Å². The molecule has 12 heavy (non-hydrogen) atoms. The van der Waals surface area contributed by atoms with E-state index in [2.05, 4.69) is 30.5 Å². The quantitative estimate of drug-likeness (QED) is 0.612. The van der Waals surface area contributed by atoms with Gasteiger partial charge in [0.15, 0.2) is 0 Å². The van der Waals surface area contributed by atoms with Crippen molar-refractivity contribution in [3.05, 3.63) is 23.8 Å². The summed E-state index contributed by atoms with van der Waals surface area (Å²) >= 11 is 0. The smallest absolute Gasteiger partial charge is 0.0649 e. The van der Waals surface area contributed by atoms with Gasteiger partial charge in [0.25, 0.3) is 0 Å². The molecule has 0 aliphatic carbocycles. The normalized spacial score (nSPS) is 12.8. The van der Waals surface area contributed by atoms with Crippen LogP contribution in [0.15, 0.2) is 23.8 Å². The second-order valence-corrected chi connectivity index (χ2v) is 2.58. The van der Waals surface area contributed by atoms with Crippen LogP contribution in [0.5, 0.6) is 0 Å². The van der Waals surface area contributed by atoms with Crippen molar-refractivity contribution in [1.29, 1.82) is 0 Å². The maximum Gasteiger partial charge on any atom is 0.0649 e. The molecule has 0 heterocycles. The first-order chi connectivity index (χ1) is 5.85. The third-order valence-electron chi connectivity index (χ3n) is 1.46. The summed E-state index contributed by atoms with van der Waals surface area (Å²) in [6.07, 6.45) is 7.45. The van der Waals surface area contributed by atoms with Crippen molar-refractivity contribution in [3.63, 3.8) is 0 Å². The van der Waals surface area contributed by atoms with E-state index in [0.717, 1.165) is 13.0 Å². The molecule has 2 heteroatoms. The Bertz CT molecular complexity index is 150. The van der Waals surface area contributed by atoms with Gasteiger partial charge in [-0.25, -0.2) is 0 Å². The molecule has 0 spiro atoms. The standard InChI is InChI=1S/C10H19NO/c1-4-5-6-10(9-11-2)7-8-12-3/h5-7,11H,4,8-9H2,1-3H3/b6-5-,10-7+. The fraction of sp³-hybridized carbons (Fsp3) is 0.600. The maximum atomic E-state index is 4.96. The summed E-state index contributed by atoms with van der Waals surface area (Å²) in [5.74, 6) is 0. The Labute approximate surface area is 75.3 Å². The molecule has 0 unspecified atom stereocenters. The number of allylic oxidation sites excluding steroid dienone is 1. The van der Waals surface area contributed by atoms with E-state index in [4.69, 9.17) is 4.74 Å². The molecular weight excluding hydrogens is 150 g/mol. The molecular formula is C10H19NO. The van der Waals surface area contributed by atoms with Crippen LogP contribution in [0, 0.1) is 0 Å². The first kappa shape index (κ1) is 11.4. The summed E-state index contributed by atoms with van der Waals surface area (Å²) in [4.78, 5) is 0. The topological polar surface area (TPSA) is 21.3 Å². The molecule has 0 aliphatic heterocycles. The van der Waals surface area contributed by atoms with Crippen molar-refractivity contribution in [3.8, 4) is 0 Å². The predicted octanol–water partition coefficient (Wildman–Crippen LogP) is 1.74. The number of nitrogens with one attached hydrogen (secondary N) is 1. The van der Waals surface area contributed by atoms with Gasteiger partial charge in [0.05, 0.1) is 6.61 Å². The Morgan fingerprint density at radius 2 is 2.25 bits per heavy atom. The number of ether oxygens (including phenoxy) is 1. The van der Waals surface area contributed by atoms with Gasteiger partial charge in [-0.3, -0.25) is 0 Å². The highest BCUT2D eigenvalue weighted by molar-refractivity contribution is 5.20. The number of rotatable bonds is 6. The van der Waals surface area contributed by atoms with Gasteiger partial charge in [-0.05, 0) is 19.0 Å². The lowest BCUT2D eigenvalue weighted by Crippen LogP contribution is -2.09. The Morgan fingerprint density at radius 1 is 1.50 bits per heavy atom. The zero-order chi connectivity index (χ0) is 9.23. The average molecular weight is 169 g/mol. The number of hydrogen-bond acceptors (Lipinski definition) is 2. The predicted molar refractivity (Wildman–Crippen MR) is 53.3 cm³/mol. The Morgan fingerprint density at radius 3 is 2.75 bits per heavy atom.